The largest absolute Gasteiger partial charge is 0.479 e. The molecule has 1 aromatic carbocycles. The molecule has 1 atom stereocenters. The Morgan fingerprint density at radius 3 is 2.55 bits per heavy atom. The average Bonchev–Trinajstić information content (AvgIpc) is 2.65. The summed E-state index contributed by atoms with van der Waals surface area (Å²) in [6.07, 6.45) is 1.42. The highest BCUT2D eigenvalue weighted by Crippen LogP contribution is 2.43. The number of carbonyl (C=O) groups is 3. The van der Waals surface area contributed by atoms with Gasteiger partial charge in [-0.05, 0) is 42.1 Å². The molecule has 1 amide bonds. The van der Waals surface area contributed by atoms with Gasteiger partial charge in [0, 0.05) is 19.4 Å². The third-order valence-corrected chi connectivity index (χ3v) is 6.76. The zero-order chi connectivity index (χ0) is 21.2. The Bertz CT molecular complexity index is 816. The van der Waals surface area contributed by atoms with Crippen LogP contribution in [0.2, 0.25) is 0 Å². The molecule has 156 valence electrons. The molecule has 1 saturated carbocycles. The first-order valence-electron chi connectivity index (χ1n) is 9.96. The van der Waals surface area contributed by atoms with E-state index in [2.05, 4.69) is 0 Å². The van der Waals surface area contributed by atoms with E-state index in [0.29, 0.717) is 36.8 Å². The van der Waals surface area contributed by atoms with Gasteiger partial charge < -0.3 is 9.64 Å². The number of ketones is 2. The molecule has 1 fully saturated rings. The summed E-state index contributed by atoms with van der Waals surface area (Å²) in [6, 6.07) is 7.28. The molecule has 7 heteroatoms. The zero-order valence-electron chi connectivity index (χ0n) is 17.1. The van der Waals surface area contributed by atoms with Crippen LogP contribution < -0.4 is 0 Å². The van der Waals surface area contributed by atoms with E-state index in [1.54, 1.807) is 4.90 Å². The Kier molecular flexibility index (Phi) is 6.79. The summed E-state index contributed by atoms with van der Waals surface area (Å²) >= 11 is 6.30. The first-order chi connectivity index (χ1) is 13.7. The van der Waals surface area contributed by atoms with Crippen molar-refractivity contribution in [2.75, 3.05) is 18.9 Å². The molecule has 0 spiro atoms. The van der Waals surface area contributed by atoms with Crippen molar-refractivity contribution < 1.29 is 19.1 Å². The van der Waals surface area contributed by atoms with E-state index in [1.165, 1.54) is 11.8 Å². The molecule has 0 N–H and O–H groups in total. The summed E-state index contributed by atoms with van der Waals surface area (Å²) in [5.41, 5.74) is 1.69. The van der Waals surface area contributed by atoms with Crippen molar-refractivity contribution in [3.8, 4) is 0 Å². The van der Waals surface area contributed by atoms with E-state index < -0.39 is 12.0 Å². The van der Waals surface area contributed by atoms with Gasteiger partial charge in [-0.15, -0.1) is 0 Å². The standard InChI is InChI=1S/C22H27NO4S2/c1-4-27-21(28)29-13-18(26)23-10-9-14-7-5-6-8-15(14)20(23)19-16(24)11-22(2,3)12-17(19)25/h5-8,19-20H,4,9-13H2,1-3H3/t20-/m0/s1. The molecule has 29 heavy (non-hydrogen) atoms. The number of amides is 1. The van der Waals surface area contributed by atoms with Gasteiger partial charge in [-0.3, -0.25) is 14.4 Å². The number of benzene rings is 1. The summed E-state index contributed by atoms with van der Waals surface area (Å²) in [6.45, 7) is 6.68. The summed E-state index contributed by atoms with van der Waals surface area (Å²) in [5.74, 6) is -0.913. The topological polar surface area (TPSA) is 63.7 Å². The highest BCUT2D eigenvalue weighted by atomic mass is 32.2. The minimum atomic E-state index is -0.794. The van der Waals surface area contributed by atoms with Crippen LogP contribution in [0.5, 0.6) is 0 Å². The van der Waals surface area contributed by atoms with E-state index in [-0.39, 0.29) is 28.6 Å². The molecule has 0 unspecified atom stereocenters. The molecule has 1 heterocycles. The molecule has 0 saturated heterocycles. The van der Waals surface area contributed by atoms with Gasteiger partial charge >= 0.3 is 0 Å². The number of hydrogen-bond acceptors (Lipinski definition) is 6. The number of ether oxygens (including phenoxy) is 1. The monoisotopic (exact) mass is 433 g/mol. The van der Waals surface area contributed by atoms with Crippen molar-refractivity contribution >= 4 is 45.8 Å². The number of Topliss-reactive ketones (excluding diaryl/α,β-unsaturated/α-hetero) is 2. The molecular weight excluding hydrogens is 406 g/mol. The van der Waals surface area contributed by atoms with Crippen LogP contribution in [0.15, 0.2) is 24.3 Å². The van der Waals surface area contributed by atoms with Crippen LogP contribution in [0.4, 0.5) is 0 Å². The number of fused-ring (bicyclic) bond motifs is 1. The molecule has 2 aliphatic rings. The third kappa shape index (κ3) is 4.89. The van der Waals surface area contributed by atoms with Crippen LogP contribution in [0, 0.1) is 11.3 Å². The molecule has 0 aromatic heterocycles. The van der Waals surface area contributed by atoms with E-state index in [9.17, 15) is 14.4 Å². The fourth-order valence-corrected chi connectivity index (χ4v) is 5.26. The molecule has 0 radical (unpaired) electrons. The average molecular weight is 434 g/mol. The van der Waals surface area contributed by atoms with Crippen LogP contribution in [0.3, 0.4) is 0 Å². The molecule has 1 aliphatic carbocycles. The zero-order valence-corrected chi connectivity index (χ0v) is 18.7. The molecular formula is C22H27NO4S2. The maximum absolute atomic E-state index is 13.1. The van der Waals surface area contributed by atoms with Crippen LogP contribution >= 0.6 is 24.0 Å². The predicted molar refractivity (Wildman–Crippen MR) is 118 cm³/mol. The van der Waals surface area contributed by atoms with Gasteiger partial charge in [0.1, 0.15) is 17.5 Å². The molecule has 1 aliphatic heterocycles. The Labute approximate surface area is 181 Å². The minimum Gasteiger partial charge on any atom is -0.479 e. The van der Waals surface area contributed by atoms with Crippen LogP contribution in [0.25, 0.3) is 0 Å². The fraction of sp³-hybridized carbons (Fsp3) is 0.545. The molecule has 5 nitrogen and oxygen atoms in total. The van der Waals surface area contributed by atoms with Gasteiger partial charge in [-0.25, -0.2) is 0 Å². The van der Waals surface area contributed by atoms with Crippen molar-refractivity contribution in [3.63, 3.8) is 0 Å². The normalized spacial score (nSPS) is 21.6. The van der Waals surface area contributed by atoms with E-state index in [1.807, 2.05) is 45.0 Å². The van der Waals surface area contributed by atoms with Gasteiger partial charge in [0.25, 0.3) is 0 Å². The third-order valence-electron chi connectivity index (χ3n) is 5.54. The minimum absolute atomic E-state index is 0.0664. The summed E-state index contributed by atoms with van der Waals surface area (Å²) in [5, 5.41) is 0. The van der Waals surface area contributed by atoms with Crippen LogP contribution in [-0.2, 0) is 25.5 Å². The van der Waals surface area contributed by atoms with Gasteiger partial charge in [-0.2, -0.15) is 0 Å². The van der Waals surface area contributed by atoms with Crippen LogP contribution in [-0.4, -0.2) is 45.7 Å². The predicted octanol–water partition coefficient (Wildman–Crippen LogP) is 3.74. The Morgan fingerprint density at radius 1 is 1.24 bits per heavy atom. The number of thiocarbonyl (C=S) groups is 1. The maximum Gasteiger partial charge on any atom is 0.233 e. The van der Waals surface area contributed by atoms with Gasteiger partial charge in [0.2, 0.25) is 10.3 Å². The van der Waals surface area contributed by atoms with Crippen molar-refractivity contribution in [1.29, 1.82) is 0 Å². The second-order valence-electron chi connectivity index (χ2n) is 8.38. The summed E-state index contributed by atoms with van der Waals surface area (Å²) in [7, 11) is 0. The van der Waals surface area contributed by atoms with E-state index >= 15 is 0 Å². The summed E-state index contributed by atoms with van der Waals surface area (Å²) in [4.78, 5) is 40.9. The first kappa shape index (κ1) is 22.0. The second kappa shape index (κ2) is 8.96. The first-order valence-corrected chi connectivity index (χ1v) is 11.3. The molecule has 0 bridgehead atoms. The smallest absolute Gasteiger partial charge is 0.233 e. The molecule has 3 rings (SSSR count). The van der Waals surface area contributed by atoms with E-state index in [0.717, 1.165) is 11.1 Å². The number of carbonyl (C=O) groups excluding carboxylic acids is 3. The quantitative estimate of drug-likeness (QED) is 0.532. The lowest BCUT2D eigenvalue weighted by Gasteiger charge is -2.43. The van der Waals surface area contributed by atoms with Gasteiger partial charge in [0.15, 0.2) is 0 Å². The van der Waals surface area contributed by atoms with Gasteiger partial charge in [-0.1, -0.05) is 49.9 Å². The Morgan fingerprint density at radius 2 is 1.90 bits per heavy atom. The lowest BCUT2D eigenvalue weighted by atomic mass is 9.67. The fourth-order valence-electron chi connectivity index (χ4n) is 4.36. The second-order valence-corrected chi connectivity index (χ2v) is 9.96. The number of nitrogens with zero attached hydrogens (tertiary/aromatic N) is 1. The van der Waals surface area contributed by atoms with E-state index in [4.69, 9.17) is 17.0 Å². The number of rotatable bonds is 4. The molecule has 1 aromatic rings. The highest BCUT2D eigenvalue weighted by Gasteiger charge is 2.48. The lowest BCUT2D eigenvalue weighted by Crippen LogP contribution is -2.50. The number of thioether (sulfide) groups is 1. The Balaban J connectivity index is 1.90. The Hall–Kier alpha value is -1.73. The summed E-state index contributed by atoms with van der Waals surface area (Å²) < 4.78 is 5.59. The van der Waals surface area contributed by atoms with Gasteiger partial charge in [0.05, 0.1) is 18.4 Å². The maximum atomic E-state index is 13.1. The SMILES string of the molecule is CCOC(=S)SCC(=O)N1CCc2ccccc2[C@H]1C1C(=O)CC(C)(C)CC1=O. The lowest BCUT2D eigenvalue weighted by molar-refractivity contribution is -0.146. The highest BCUT2D eigenvalue weighted by molar-refractivity contribution is 8.23. The number of hydrogen-bond donors (Lipinski definition) is 0. The van der Waals surface area contributed by atoms with Crippen molar-refractivity contribution in [2.24, 2.45) is 11.3 Å². The van der Waals surface area contributed by atoms with Crippen molar-refractivity contribution in [1.82, 2.24) is 4.90 Å². The van der Waals surface area contributed by atoms with Crippen LogP contribution in [0.1, 0.15) is 50.8 Å². The van der Waals surface area contributed by atoms with Crippen molar-refractivity contribution in [2.45, 2.75) is 46.1 Å². The van der Waals surface area contributed by atoms with Crippen molar-refractivity contribution in [3.05, 3.63) is 35.4 Å².